The van der Waals surface area contributed by atoms with E-state index in [1.807, 2.05) is 0 Å². The quantitative estimate of drug-likeness (QED) is 0.0868. The molecule has 10 aliphatic rings. The highest BCUT2D eigenvalue weighted by molar-refractivity contribution is 5.18. The lowest BCUT2D eigenvalue weighted by atomic mass is 9.44. The van der Waals surface area contributed by atoms with Gasteiger partial charge < -0.3 is 104 Å². The van der Waals surface area contributed by atoms with Gasteiger partial charge in [-0.1, -0.05) is 27.7 Å². The largest absolute Gasteiger partial charge is 0.394 e. The molecule has 22 heteroatoms. The van der Waals surface area contributed by atoms with Crippen LogP contribution in [0, 0.1) is 52.3 Å². The predicted octanol–water partition coefficient (Wildman–Crippen LogP) is -2.97. The molecule has 0 aromatic carbocycles. The lowest BCUT2D eigenvalue weighted by Gasteiger charge is -2.61. The summed E-state index contributed by atoms with van der Waals surface area (Å²) in [5.74, 6) is 4.67. The Morgan fingerprint density at radius 2 is 1.00 bits per heavy atom. The monoisotopic (exact) mass is 1050 g/mol. The summed E-state index contributed by atoms with van der Waals surface area (Å²) in [7, 11) is 0. The Kier molecular flexibility index (Phi) is 16.4. The van der Waals surface area contributed by atoms with E-state index in [0.717, 1.165) is 49.0 Å². The Labute approximate surface area is 426 Å². The average molecular weight is 1050 g/mol. The summed E-state index contributed by atoms with van der Waals surface area (Å²) in [6, 6.07) is 1.42. The first kappa shape index (κ1) is 55.4. The molecule has 0 unspecified atom stereocenters. The van der Waals surface area contributed by atoms with Crippen LogP contribution in [0.3, 0.4) is 0 Å². The highest BCUT2D eigenvalue weighted by Crippen LogP contribution is 2.71. The molecule has 4 aliphatic carbocycles. The van der Waals surface area contributed by atoms with Crippen molar-refractivity contribution in [2.24, 2.45) is 52.3 Å². The van der Waals surface area contributed by atoms with E-state index in [-0.39, 0.29) is 11.5 Å². The van der Waals surface area contributed by atoms with E-state index in [1.165, 1.54) is 45.1 Å². The molecule has 0 aromatic heterocycles. The second-order valence-corrected chi connectivity index (χ2v) is 24.5. The molecule has 0 spiro atoms. The molecular formula is C51H85NO21. The van der Waals surface area contributed by atoms with Crippen LogP contribution in [0.4, 0.5) is 0 Å². The van der Waals surface area contributed by atoms with Crippen molar-refractivity contribution >= 4 is 0 Å². The van der Waals surface area contributed by atoms with Gasteiger partial charge in [-0.15, -0.1) is 0 Å². The minimum atomic E-state index is -2.03. The van der Waals surface area contributed by atoms with E-state index in [2.05, 4.69) is 32.6 Å². The van der Waals surface area contributed by atoms with Gasteiger partial charge in [-0.3, -0.25) is 4.90 Å². The van der Waals surface area contributed by atoms with E-state index in [9.17, 15) is 66.4 Å². The third-order valence-electron chi connectivity index (χ3n) is 20.7. The van der Waals surface area contributed by atoms with Crippen LogP contribution in [-0.2, 0) is 37.9 Å². The van der Waals surface area contributed by atoms with Crippen LogP contribution in [0.15, 0.2) is 0 Å². The number of hydrogen-bond donors (Lipinski definition) is 13. The van der Waals surface area contributed by atoms with Crippen molar-refractivity contribution in [1.29, 1.82) is 0 Å². The van der Waals surface area contributed by atoms with Gasteiger partial charge in [0.05, 0.1) is 32.5 Å². The first-order chi connectivity index (χ1) is 34.8. The van der Waals surface area contributed by atoms with Gasteiger partial charge in [0.2, 0.25) is 0 Å². The molecule has 22 nitrogen and oxygen atoms in total. The third-order valence-corrected chi connectivity index (χ3v) is 20.7. The number of rotatable bonds is 12. The molecule has 6 heterocycles. The molecule has 6 aliphatic heterocycles. The minimum absolute atomic E-state index is 0.131. The summed E-state index contributed by atoms with van der Waals surface area (Å²) in [5, 5.41) is 140. The Morgan fingerprint density at radius 3 is 1.63 bits per heavy atom. The number of aliphatic hydroxyl groups is 13. The van der Waals surface area contributed by atoms with Gasteiger partial charge in [-0.25, -0.2) is 0 Å². The van der Waals surface area contributed by atoms with Crippen LogP contribution in [0.1, 0.15) is 91.9 Å². The van der Waals surface area contributed by atoms with Crippen molar-refractivity contribution in [3.05, 3.63) is 0 Å². The Balaban J connectivity index is 0.828. The van der Waals surface area contributed by atoms with Crippen molar-refractivity contribution in [2.45, 2.75) is 233 Å². The SMILES string of the molecule is C[C@H]1CC[C@H]2[C@@H](C)[C@H]3[C@H](C[C@H]4[C@@H]5CC[C@H]6C[C@@H](O[C@@H]7O[C@H](CO)[C@@H](O[C@@H]8O[C@H](CO)[C@@H](O)[C@H](O[C@@H]9O[C@H](CO)[C@@H](O)[C@H](O)[C@H]9O)[C@H]8O[C@@H]8O[C@H](CO)[C@@H](O)[C@H](O)[C@H]8O)[C@H](O)[C@H]7O)CC[C@]6(C)[C@H]5CC[C@]34C)N2C1. The molecule has 6 saturated heterocycles. The van der Waals surface area contributed by atoms with Crippen LogP contribution >= 0.6 is 0 Å². The zero-order valence-corrected chi connectivity index (χ0v) is 42.5. The van der Waals surface area contributed by atoms with Gasteiger partial charge in [-0.2, -0.15) is 0 Å². The van der Waals surface area contributed by atoms with Crippen LogP contribution in [0.2, 0.25) is 0 Å². The van der Waals surface area contributed by atoms with E-state index in [4.69, 9.17) is 37.9 Å². The van der Waals surface area contributed by atoms with Crippen LogP contribution < -0.4 is 0 Å². The maximum Gasteiger partial charge on any atom is 0.187 e. The molecule has 0 bridgehead atoms. The number of hydrogen-bond acceptors (Lipinski definition) is 22. The highest BCUT2D eigenvalue weighted by Gasteiger charge is 2.67. The van der Waals surface area contributed by atoms with Crippen molar-refractivity contribution < 1.29 is 104 Å². The normalized spacial score (nSPS) is 57.3. The lowest BCUT2D eigenvalue weighted by Crippen LogP contribution is -2.68. The molecule has 73 heavy (non-hydrogen) atoms. The number of piperidine rings is 1. The van der Waals surface area contributed by atoms with E-state index in [0.29, 0.717) is 35.6 Å². The average Bonchev–Trinajstić information content (AvgIpc) is 3.85. The van der Waals surface area contributed by atoms with Crippen LogP contribution in [0.25, 0.3) is 0 Å². The molecule has 0 amide bonds. The molecule has 13 N–H and O–H groups in total. The van der Waals surface area contributed by atoms with E-state index in [1.54, 1.807) is 0 Å². The topological polar surface area (TPSA) is 340 Å². The predicted molar refractivity (Wildman–Crippen MR) is 249 cm³/mol. The second-order valence-electron chi connectivity index (χ2n) is 24.5. The van der Waals surface area contributed by atoms with Crippen molar-refractivity contribution in [3.8, 4) is 0 Å². The Bertz CT molecular complexity index is 1860. The summed E-state index contributed by atoms with van der Waals surface area (Å²) in [6.45, 7) is 7.97. The fourth-order valence-electron chi connectivity index (χ4n) is 16.9. The van der Waals surface area contributed by atoms with Crippen molar-refractivity contribution in [1.82, 2.24) is 4.90 Å². The summed E-state index contributed by atoms with van der Waals surface area (Å²) in [5.41, 5.74) is 0.494. The fourth-order valence-corrected chi connectivity index (χ4v) is 16.9. The maximum absolute atomic E-state index is 11.8. The number of fused-ring (bicyclic) bond motifs is 9. The van der Waals surface area contributed by atoms with Gasteiger partial charge in [0.25, 0.3) is 0 Å². The molecule has 32 atom stereocenters. The van der Waals surface area contributed by atoms with Crippen molar-refractivity contribution in [3.63, 3.8) is 0 Å². The summed E-state index contributed by atoms with van der Waals surface area (Å²) >= 11 is 0. The number of aliphatic hydroxyl groups excluding tert-OH is 13. The number of ether oxygens (including phenoxy) is 8. The highest BCUT2D eigenvalue weighted by atomic mass is 16.8. The molecule has 0 radical (unpaired) electrons. The van der Waals surface area contributed by atoms with Gasteiger partial charge in [0, 0.05) is 18.6 Å². The van der Waals surface area contributed by atoms with E-state index >= 15 is 0 Å². The minimum Gasteiger partial charge on any atom is -0.394 e. The standard InChI is InChI=1S/C51H85NO21/c1-20-5-8-27-21(2)33-28(52(27)15-20)14-26-24-7-6-22-13-23(9-11-50(22,3)25(24)10-12-51(26,33)4)66-46-42(65)39(62)43(32(19-56)70-46)71-49-45(73-48-41(64)38(61)35(58)30(17-54)68-48)44(36(59)31(18-55)69-49)72-47-40(63)37(60)34(57)29(16-53)67-47/h20-49,53-65H,5-19H2,1-4H3/t20-,21+,22-,23-,24+,25-,26-,27-,28-,29+,30+,31+,32+,33-,34+,35+,36+,37-,38-,39+,40+,41+,42+,43+,44-,45+,46+,47-,48-,49-,50-,51-/m0/s1. The van der Waals surface area contributed by atoms with E-state index < -0.39 is 149 Å². The van der Waals surface area contributed by atoms with Crippen LogP contribution in [0.5, 0.6) is 0 Å². The first-order valence-corrected chi connectivity index (χ1v) is 27.3. The molecular weight excluding hydrogens is 963 g/mol. The molecule has 10 rings (SSSR count). The van der Waals surface area contributed by atoms with Gasteiger partial charge in [-0.05, 0) is 116 Å². The molecule has 10 fully saturated rings. The Morgan fingerprint density at radius 1 is 0.466 bits per heavy atom. The third kappa shape index (κ3) is 9.50. The smallest absolute Gasteiger partial charge is 0.187 e. The molecule has 420 valence electrons. The van der Waals surface area contributed by atoms with Crippen molar-refractivity contribution in [2.75, 3.05) is 33.0 Å². The molecule has 0 aromatic rings. The number of nitrogens with zero attached hydrogens (tertiary/aromatic N) is 1. The Hall–Kier alpha value is -0.880. The van der Waals surface area contributed by atoms with Crippen LogP contribution in [-0.4, -0.2) is 245 Å². The lowest BCUT2D eigenvalue weighted by molar-refractivity contribution is -0.406. The summed E-state index contributed by atoms with van der Waals surface area (Å²) in [4.78, 5) is 2.94. The summed E-state index contributed by atoms with van der Waals surface area (Å²) < 4.78 is 48.1. The fraction of sp³-hybridized carbons (Fsp3) is 1.00. The maximum atomic E-state index is 11.8. The summed E-state index contributed by atoms with van der Waals surface area (Å²) in [6.07, 6.45) is -24.7. The first-order valence-electron chi connectivity index (χ1n) is 27.3. The molecule has 4 saturated carbocycles. The van der Waals surface area contributed by atoms with Gasteiger partial charge in [0.15, 0.2) is 25.2 Å². The zero-order chi connectivity index (χ0) is 52.2. The second kappa shape index (κ2) is 21.6. The van der Waals surface area contributed by atoms with Gasteiger partial charge >= 0.3 is 0 Å². The van der Waals surface area contributed by atoms with Gasteiger partial charge in [0.1, 0.15) is 97.7 Å². The zero-order valence-electron chi connectivity index (χ0n) is 42.5.